The van der Waals surface area contributed by atoms with Crippen molar-refractivity contribution in [3.05, 3.63) is 0 Å². The highest BCUT2D eigenvalue weighted by molar-refractivity contribution is 5.77. The second-order valence-corrected chi connectivity index (χ2v) is 4.71. The zero-order valence-corrected chi connectivity index (χ0v) is 12.3. The molecule has 0 saturated carbocycles. The van der Waals surface area contributed by atoms with Gasteiger partial charge in [0.1, 0.15) is 0 Å². The highest BCUT2D eigenvalue weighted by Crippen LogP contribution is 2.01. The molecule has 0 unspecified atom stereocenters. The summed E-state index contributed by atoms with van der Waals surface area (Å²) in [6.45, 7) is 4.83. The fourth-order valence-electron chi connectivity index (χ4n) is 1.64. The minimum atomic E-state index is -0.584. The number of carbonyl (C=O) groups is 2. The highest BCUT2D eigenvalue weighted by atomic mass is 16.7. The van der Waals surface area contributed by atoms with Crippen molar-refractivity contribution in [2.75, 3.05) is 6.54 Å². The maximum atomic E-state index is 11.3. The van der Waals surface area contributed by atoms with Gasteiger partial charge in [-0.3, -0.25) is 4.79 Å². The zero-order chi connectivity index (χ0) is 14.3. The van der Waals surface area contributed by atoms with Crippen molar-refractivity contribution in [3.63, 3.8) is 0 Å². The molecular formula is C14H28N2O3. The smallest absolute Gasteiger partial charge is 0.322 e. The number of hydroxylamine groups is 1. The zero-order valence-electron chi connectivity index (χ0n) is 12.3. The van der Waals surface area contributed by atoms with E-state index in [4.69, 9.17) is 0 Å². The fraction of sp³-hybridized carbons (Fsp3) is 0.857. The Morgan fingerprint density at radius 3 is 2.21 bits per heavy atom. The molecule has 2 N–H and O–H groups in total. The third-order valence-corrected chi connectivity index (χ3v) is 2.81. The molecule has 0 radical (unpaired) electrons. The monoisotopic (exact) mass is 272 g/mol. The van der Waals surface area contributed by atoms with E-state index in [9.17, 15) is 9.59 Å². The van der Waals surface area contributed by atoms with E-state index >= 15 is 0 Å². The Kier molecular flexibility index (Phi) is 12.3. The van der Waals surface area contributed by atoms with Crippen LogP contribution in [-0.2, 0) is 9.63 Å². The molecule has 0 aromatic carbocycles. The van der Waals surface area contributed by atoms with Crippen LogP contribution in [0.2, 0.25) is 0 Å². The van der Waals surface area contributed by atoms with Gasteiger partial charge in [-0.25, -0.2) is 4.79 Å². The quantitative estimate of drug-likeness (QED) is 0.473. The Morgan fingerprint density at radius 1 is 0.895 bits per heavy atom. The van der Waals surface area contributed by atoms with Gasteiger partial charge in [-0.1, -0.05) is 52.4 Å². The Morgan fingerprint density at radius 2 is 1.53 bits per heavy atom. The second kappa shape index (κ2) is 13.2. The molecule has 2 amide bonds. The molecule has 0 rings (SSSR count). The summed E-state index contributed by atoms with van der Waals surface area (Å²) in [5.41, 5.74) is 2.15. The van der Waals surface area contributed by atoms with Gasteiger partial charge in [0.15, 0.2) is 0 Å². The Balaban J connectivity index is 3.36. The van der Waals surface area contributed by atoms with Gasteiger partial charge in [0, 0.05) is 13.0 Å². The largest absolute Gasteiger partial charge is 0.431 e. The molecule has 19 heavy (non-hydrogen) atoms. The normalized spacial score (nSPS) is 10.0. The molecule has 0 atom stereocenters. The molecule has 0 aliphatic carbocycles. The Labute approximate surface area is 116 Å². The van der Waals surface area contributed by atoms with Gasteiger partial charge in [0.2, 0.25) is 0 Å². The average Bonchev–Trinajstić information content (AvgIpc) is 2.40. The summed E-state index contributed by atoms with van der Waals surface area (Å²) in [4.78, 5) is 27.1. The number of carbonyl (C=O) groups excluding carboxylic acids is 2. The summed E-state index contributed by atoms with van der Waals surface area (Å²) >= 11 is 0. The first kappa shape index (κ1) is 17.7. The van der Waals surface area contributed by atoms with Crippen LogP contribution in [-0.4, -0.2) is 18.5 Å². The highest BCUT2D eigenvalue weighted by Gasteiger charge is 2.05. The topological polar surface area (TPSA) is 67.4 Å². The molecule has 0 saturated heterocycles. The number of amides is 2. The van der Waals surface area contributed by atoms with E-state index in [1.165, 1.54) is 19.3 Å². The van der Waals surface area contributed by atoms with Gasteiger partial charge in [-0.15, -0.1) is 0 Å². The van der Waals surface area contributed by atoms with E-state index in [0.717, 1.165) is 32.1 Å². The van der Waals surface area contributed by atoms with E-state index < -0.39 is 6.09 Å². The van der Waals surface area contributed by atoms with Crippen molar-refractivity contribution in [1.29, 1.82) is 0 Å². The van der Waals surface area contributed by atoms with Crippen LogP contribution in [0.25, 0.3) is 0 Å². The van der Waals surface area contributed by atoms with Gasteiger partial charge in [-0.05, 0) is 12.8 Å². The predicted octanol–water partition coefficient (Wildman–Crippen LogP) is 3.29. The Hall–Kier alpha value is -1.26. The summed E-state index contributed by atoms with van der Waals surface area (Å²) in [5, 5.41) is 2.61. The van der Waals surface area contributed by atoms with Crippen molar-refractivity contribution < 1.29 is 14.4 Å². The minimum absolute atomic E-state index is 0.244. The van der Waals surface area contributed by atoms with E-state index in [1.54, 1.807) is 0 Å². The lowest BCUT2D eigenvalue weighted by atomic mass is 10.1. The van der Waals surface area contributed by atoms with Crippen molar-refractivity contribution in [2.45, 2.75) is 71.6 Å². The van der Waals surface area contributed by atoms with Crippen LogP contribution >= 0.6 is 0 Å². The maximum Gasteiger partial charge on any atom is 0.431 e. The third-order valence-electron chi connectivity index (χ3n) is 2.81. The maximum absolute atomic E-state index is 11.3. The van der Waals surface area contributed by atoms with Crippen LogP contribution in [0.4, 0.5) is 4.79 Å². The minimum Gasteiger partial charge on any atom is -0.322 e. The van der Waals surface area contributed by atoms with Crippen molar-refractivity contribution in [1.82, 2.24) is 10.8 Å². The fourth-order valence-corrected chi connectivity index (χ4v) is 1.64. The number of unbranched alkanes of at least 4 members (excludes halogenated alkanes) is 6. The van der Waals surface area contributed by atoms with E-state index in [2.05, 4.69) is 29.5 Å². The lowest BCUT2D eigenvalue weighted by Crippen LogP contribution is -2.34. The van der Waals surface area contributed by atoms with Gasteiger partial charge in [0.05, 0.1) is 0 Å². The number of hydrogen-bond donors (Lipinski definition) is 2. The predicted molar refractivity (Wildman–Crippen MR) is 75.5 cm³/mol. The van der Waals surface area contributed by atoms with E-state index in [0.29, 0.717) is 13.0 Å². The summed E-state index contributed by atoms with van der Waals surface area (Å²) in [6.07, 6.45) is 8.41. The molecule has 0 aromatic rings. The van der Waals surface area contributed by atoms with Crippen LogP contribution in [0.15, 0.2) is 0 Å². The molecular weight excluding hydrogens is 244 g/mol. The van der Waals surface area contributed by atoms with Crippen LogP contribution < -0.4 is 10.8 Å². The van der Waals surface area contributed by atoms with Crippen molar-refractivity contribution in [2.24, 2.45) is 0 Å². The lowest BCUT2D eigenvalue weighted by Gasteiger charge is -2.07. The first-order valence-electron chi connectivity index (χ1n) is 7.44. The van der Waals surface area contributed by atoms with Crippen LogP contribution in [0.5, 0.6) is 0 Å². The summed E-state index contributed by atoms with van der Waals surface area (Å²) in [6, 6.07) is 0. The van der Waals surface area contributed by atoms with E-state index in [-0.39, 0.29) is 5.91 Å². The van der Waals surface area contributed by atoms with Crippen molar-refractivity contribution in [3.8, 4) is 0 Å². The van der Waals surface area contributed by atoms with Gasteiger partial charge in [-0.2, -0.15) is 5.48 Å². The third kappa shape index (κ3) is 13.0. The molecule has 0 aliphatic rings. The first-order chi connectivity index (χ1) is 9.20. The Bertz CT molecular complexity index is 245. The summed E-state index contributed by atoms with van der Waals surface area (Å²) in [7, 11) is 0. The van der Waals surface area contributed by atoms with Gasteiger partial charge in [0.25, 0.3) is 5.91 Å². The molecule has 5 nitrogen and oxygen atoms in total. The number of hydrogen-bond acceptors (Lipinski definition) is 3. The number of rotatable bonds is 10. The van der Waals surface area contributed by atoms with Gasteiger partial charge < -0.3 is 10.2 Å². The van der Waals surface area contributed by atoms with E-state index in [1.807, 2.05) is 0 Å². The standard InChI is InChI=1S/C14H28N2O3/c1-3-5-7-8-10-12-15-14(18)19-16-13(17)11-9-6-4-2/h3-12H2,1-2H3,(H,15,18)(H,16,17). The van der Waals surface area contributed by atoms with Gasteiger partial charge >= 0.3 is 6.09 Å². The second-order valence-electron chi connectivity index (χ2n) is 4.71. The molecule has 112 valence electrons. The molecule has 0 bridgehead atoms. The molecule has 0 fully saturated rings. The molecule has 0 aliphatic heterocycles. The lowest BCUT2D eigenvalue weighted by molar-refractivity contribution is -0.129. The average molecular weight is 272 g/mol. The van der Waals surface area contributed by atoms with Crippen LogP contribution in [0.3, 0.4) is 0 Å². The van der Waals surface area contributed by atoms with Crippen molar-refractivity contribution >= 4 is 12.0 Å². The molecule has 0 aromatic heterocycles. The number of nitrogens with one attached hydrogen (secondary N) is 2. The first-order valence-corrected chi connectivity index (χ1v) is 7.44. The molecule has 0 spiro atoms. The summed E-state index contributed by atoms with van der Waals surface area (Å²) < 4.78 is 0. The summed E-state index contributed by atoms with van der Waals surface area (Å²) in [5.74, 6) is -0.244. The van der Waals surface area contributed by atoms with Crippen LogP contribution in [0, 0.1) is 0 Å². The SMILES string of the molecule is CCCCCCCNC(=O)ONC(=O)CCCCC. The molecule has 0 heterocycles. The molecule has 5 heteroatoms. The van der Waals surface area contributed by atoms with Crippen LogP contribution in [0.1, 0.15) is 71.6 Å².